The summed E-state index contributed by atoms with van der Waals surface area (Å²) in [5.74, 6) is 0.00503. The molecule has 1 unspecified atom stereocenters. The molecule has 0 spiro atoms. The number of nitrogens with zero attached hydrogens (tertiary/aromatic N) is 1. The molecular weight excluding hydrogens is 295 g/mol. The van der Waals surface area contributed by atoms with E-state index < -0.39 is 29.2 Å². The van der Waals surface area contributed by atoms with Gasteiger partial charge in [0.05, 0.1) is 0 Å². The van der Waals surface area contributed by atoms with Crippen LogP contribution in [0.15, 0.2) is 12.0 Å². The number of rotatable bonds is 2. The number of amides is 1. The van der Waals surface area contributed by atoms with E-state index in [1.807, 2.05) is 6.92 Å². The summed E-state index contributed by atoms with van der Waals surface area (Å²) in [6, 6.07) is 0. The van der Waals surface area contributed by atoms with Crippen LogP contribution in [0.5, 0.6) is 0 Å². The van der Waals surface area contributed by atoms with Crippen LogP contribution in [0.4, 0.5) is 18.0 Å². The zero-order valence-electron chi connectivity index (χ0n) is 11.8. The van der Waals surface area contributed by atoms with Crippen molar-refractivity contribution in [2.75, 3.05) is 6.54 Å². The van der Waals surface area contributed by atoms with Crippen LogP contribution in [-0.2, 0) is 8.92 Å². The van der Waals surface area contributed by atoms with E-state index in [9.17, 15) is 18.0 Å². The number of hydrogen-bond donors (Lipinski definition) is 0. The molecule has 116 valence electrons. The van der Waals surface area contributed by atoms with Crippen molar-refractivity contribution in [2.45, 2.75) is 45.2 Å². The summed E-state index contributed by atoms with van der Waals surface area (Å²) < 4.78 is 46.3. The van der Waals surface area contributed by atoms with Gasteiger partial charge in [0, 0.05) is 6.54 Å². The molecule has 4 nitrogen and oxygen atoms in total. The molecule has 0 saturated heterocycles. The van der Waals surface area contributed by atoms with Gasteiger partial charge in [0.2, 0.25) is 5.88 Å². The molecule has 0 radical (unpaired) electrons. The van der Waals surface area contributed by atoms with E-state index in [1.54, 1.807) is 20.8 Å². The first kappa shape index (κ1) is 17.0. The fourth-order valence-corrected chi connectivity index (χ4v) is 1.88. The third kappa shape index (κ3) is 5.94. The highest BCUT2D eigenvalue weighted by Gasteiger charge is 2.35. The molecule has 20 heavy (non-hydrogen) atoms. The van der Waals surface area contributed by atoms with Crippen molar-refractivity contribution >= 4 is 18.1 Å². The van der Waals surface area contributed by atoms with Crippen LogP contribution in [0.25, 0.3) is 0 Å². The number of carbonyl (C=O) groups excluding carboxylic acids is 1. The molecule has 1 atom stereocenters. The van der Waals surface area contributed by atoms with Gasteiger partial charge in [0.1, 0.15) is 5.60 Å². The maximum absolute atomic E-state index is 12.2. The molecule has 1 heterocycles. The number of hydrogen-bond acceptors (Lipinski definition) is 4. The minimum atomic E-state index is -4.52. The number of allylic oxidation sites excluding steroid dienone is 1. The summed E-state index contributed by atoms with van der Waals surface area (Å²) in [4.78, 5) is 13.1. The van der Waals surface area contributed by atoms with Crippen LogP contribution in [0.1, 0.15) is 34.1 Å². The van der Waals surface area contributed by atoms with Gasteiger partial charge in [-0.15, -0.1) is 0 Å². The Bertz CT molecular complexity index is 390. The third-order valence-electron chi connectivity index (χ3n) is 2.29. The van der Waals surface area contributed by atoms with Crippen LogP contribution in [0.2, 0.25) is 0 Å². The second kappa shape index (κ2) is 6.15. The van der Waals surface area contributed by atoms with E-state index >= 15 is 0 Å². The minimum absolute atomic E-state index is 0.125. The lowest BCUT2D eigenvalue weighted by molar-refractivity contribution is -0.0403. The highest BCUT2D eigenvalue weighted by molar-refractivity contribution is 7.95. The molecular formula is C12H18F3NO3S. The van der Waals surface area contributed by atoms with Gasteiger partial charge in [0.25, 0.3) is 0 Å². The maximum Gasteiger partial charge on any atom is 0.479 e. The van der Waals surface area contributed by atoms with Gasteiger partial charge < -0.3 is 8.92 Å². The summed E-state index contributed by atoms with van der Waals surface area (Å²) >= 11 is -0.637. The summed E-state index contributed by atoms with van der Waals surface area (Å²) in [6.07, 6.45) is 1.31. The molecule has 0 N–H and O–H groups in total. The van der Waals surface area contributed by atoms with Crippen molar-refractivity contribution in [3.05, 3.63) is 12.0 Å². The summed E-state index contributed by atoms with van der Waals surface area (Å²) in [5, 5.41) is 0. The molecule has 0 aromatic carbocycles. The number of ether oxygens (including phenoxy) is 1. The van der Waals surface area contributed by atoms with Gasteiger partial charge in [-0.1, -0.05) is 6.92 Å². The van der Waals surface area contributed by atoms with Gasteiger partial charge >= 0.3 is 11.6 Å². The summed E-state index contributed by atoms with van der Waals surface area (Å²) in [5.41, 5.74) is -5.25. The number of carbonyl (C=O) groups is 1. The Morgan fingerprint density at radius 3 is 2.50 bits per heavy atom. The van der Waals surface area contributed by atoms with Gasteiger partial charge in [-0.2, -0.15) is 13.2 Å². The fraction of sp³-hybridized carbons (Fsp3) is 0.750. The van der Waals surface area contributed by atoms with Crippen molar-refractivity contribution < 1.29 is 26.9 Å². The molecule has 0 aromatic rings. The maximum atomic E-state index is 12.2. The molecule has 1 aliphatic heterocycles. The van der Waals surface area contributed by atoms with E-state index in [0.717, 1.165) is 4.90 Å². The summed E-state index contributed by atoms with van der Waals surface area (Å²) in [7, 11) is 0. The minimum Gasteiger partial charge on any atom is -0.443 e. The van der Waals surface area contributed by atoms with E-state index in [1.165, 1.54) is 6.08 Å². The molecule has 0 saturated carbocycles. The Balaban J connectivity index is 2.76. The van der Waals surface area contributed by atoms with Gasteiger partial charge in [0.15, 0.2) is 12.0 Å². The Morgan fingerprint density at radius 1 is 1.40 bits per heavy atom. The standard InChI is InChI=1S/C12H18F3NO3S/c1-8-5-6-9(19-20-12(13,14)15)16(7-8)10(17)18-11(2,3)4/h6,8H,5,7H2,1-4H3. The summed E-state index contributed by atoms with van der Waals surface area (Å²) in [6.45, 7) is 7.22. The van der Waals surface area contributed by atoms with E-state index in [2.05, 4.69) is 4.18 Å². The quantitative estimate of drug-likeness (QED) is 0.713. The first-order chi connectivity index (χ1) is 8.98. The lowest BCUT2D eigenvalue weighted by atomic mass is 10.0. The third-order valence-corrected chi connectivity index (χ3v) is 2.73. The number of halogens is 3. The average molecular weight is 313 g/mol. The largest absolute Gasteiger partial charge is 0.479 e. The zero-order chi connectivity index (χ0) is 15.6. The highest BCUT2D eigenvalue weighted by atomic mass is 32.2. The second-order valence-electron chi connectivity index (χ2n) is 5.59. The molecule has 1 aliphatic rings. The van der Waals surface area contributed by atoms with E-state index in [4.69, 9.17) is 4.74 Å². The zero-order valence-corrected chi connectivity index (χ0v) is 12.6. The van der Waals surface area contributed by atoms with Crippen LogP contribution in [0.3, 0.4) is 0 Å². The second-order valence-corrected chi connectivity index (χ2v) is 6.38. The Kier molecular flexibility index (Phi) is 5.23. The Labute approximate surface area is 120 Å². The normalized spacial score (nSPS) is 20.4. The van der Waals surface area contributed by atoms with Crippen molar-refractivity contribution in [1.29, 1.82) is 0 Å². The van der Waals surface area contributed by atoms with Crippen LogP contribution in [-0.4, -0.2) is 28.6 Å². The van der Waals surface area contributed by atoms with Gasteiger partial charge in [-0.25, -0.2) is 9.69 Å². The smallest absolute Gasteiger partial charge is 0.443 e. The topological polar surface area (TPSA) is 38.8 Å². The fourth-order valence-electron chi connectivity index (χ4n) is 1.54. The van der Waals surface area contributed by atoms with Crippen molar-refractivity contribution in [3.63, 3.8) is 0 Å². The predicted molar refractivity (Wildman–Crippen MR) is 69.5 cm³/mol. The lowest BCUT2D eigenvalue weighted by Gasteiger charge is -2.32. The SMILES string of the molecule is CC1CC=C(OSC(F)(F)F)N(C(=O)OC(C)(C)C)C1. The van der Waals surface area contributed by atoms with Crippen molar-refractivity contribution in [3.8, 4) is 0 Å². The first-order valence-electron chi connectivity index (χ1n) is 6.11. The van der Waals surface area contributed by atoms with Gasteiger partial charge in [-0.3, -0.25) is 0 Å². The van der Waals surface area contributed by atoms with E-state index in [-0.39, 0.29) is 18.3 Å². The molecule has 8 heteroatoms. The van der Waals surface area contributed by atoms with Crippen LogP contribution in [0, 0.1) is 5.92 Å². The highest BCUT2D eigenvalue weighted by Crippen LogP contribution is 2.35. The molecule has 1 rings (SSSR count). The van der Waals surface area contributed by atoms with Crippen molar-refractivity contribution in [2.24, 2.45) is 5.92 Å². The average Bonchev–Trinajstić information content (AvgIpc) is 2.23. The molecule has 0 aliphatic carbocycles. The first-order valence-corrected chi connectivity index (χ1v) is 6.85. The van der Waals surface area contributed by atoms with Crippen LogP contribution >= 0.6 is 12.0 Å². The van der Waals surface area contributed by atoms with Crippen molar-refractivity contribution in [1.82, 2.24) is 4.90 Å². The molecule has 0 fully saturated rings. The Hall–Kier alpha value is -1.05. The monoisotopic (exact) mass is 313 g/mol. The van der Waals surface area contributed by atoms with E-state index in [0.29, 0.717) is 6.42 Å². The lowest BCUT2D eigenvalue weighted by Crippen LogP contribution is -2.40. The predicted octanol–water partition coefficient (Wildman–Crippen LogP) is 4.29. The molecule has 1 amide bonds. The van der Waals surface area contributed by atoms with Gasteiger partial charge in [-0.05, 0) is 39.2 Å². The molecule has 0 aromatic heterocycles. The van der Waals surface area contributed by atoms with Crippen LogP contribution < -0.4 is 0 Å². The Morgan fingerprint density at radius 2 is 2.00 bits per heavy atom. The molecule has 0 bridgehead atoms. The number of alkyl halides is 3.